The predicted molar refractivity (Wildman–Crippen MR) is 176 cm³/mol. The van der Waals surface area contributed by atoms with Crippen molar-refractivity contribution in [3.05, 3.63) is 118 Å². The Morgan fingerprint density at radius 3 is 2.15 bits per heavy atom. The first-order valence-electron chi connectivity index (χ1n) is 15.8. The molecule has 0 aliphatic carbocycles. The number of carbonyl (C=O) groups excluding carboxylic acids is 1. The van der Waals surface area contributed by atoms with Gasteiger partial charge in [-0.3, -0.25) is 4.90 Å². The molecule has 3 heterocycles. The summed E-state index contributed by atoms with van der Waals surface area (Å²) in [7, 11) is 1.47. The van der Waals surface area contributed by atoms with Gasteiger partial charge in [-0.25, -0.2) is 19.3 Å². The molecule has 270 valence electrons. The zero-order valence-corrected chi connectivity index (χ0v) is 28.0. The first kappa shape index (κ1) is 35.9. The number of benzene rings is 3. The fourth-order valence-corrected chi connectivity index (χ4v) is 6.19. The highest BCUT2D eigenvalue weighted by molar-refractivity contribution is 5.89. The molecule has 9 nitrogen and oxygen atoms in total. The molecule has 2 unspecified atom stereocenters. The van der Waals surface area contributed by atoms with Gasteiger partial charge < -0.3 is 14.6 Å². The quantitative estimate of drug-likeness (QED) is 0.159. The molecule has 15 heteroatoms. The average Bonchev–Trinajstić information content (AvgIpc) is 3.65. The first-order chi connectivity index (χ1) is 24.4. The van der Waals surface area contributed by atoms with Crippen LogP contribution >= 0.6 is 0 Å². The second-order valence-corrected chi connectivity index (χ2v) is 12.4. The Morgan fingerprint density at radius 1 is 0.904 bits per heavy atom. The molecule has 1 amide bonds. The number of halogens is 6. The van der Waals surface area contributed by atoms with Crippen LogP contribution in [0.2, 0.25) is 0 Å². The summed E-state index contributed by atoms with van der Waals surface area (Å²) in [6, 6.07) is 13.6. The molecule has 1 saturated heterocycles. The van der Waals surface area contributed by atoms with Crippen molar-refractivity contribution in [3.8, 4) is 33.8 Å². The van der Waals surface area contributed by atoms with Gasteiger partial charge in [0, 0.05) is 17.3 Å². The van der Waals surface area contributed by atoms with E-state index in [1.54, 1.807) is 55.7 Å². The highest BCUT2D eigenvalue weighted by Gasteiger charge is 2.43. The molecule has 2 atom stereocenters. The Morgan fingerprint density at radius 2 is 1.58 bits per heavy atom. The molecule has 6 rings (SSSR count). The van der Waals surface area contributed by atoms with Gasteiger partial charge in [0.05, 0.1) is 48.3 Å². The van der Waals surface area contributed by atoms with Gasteiger partial charge in [-0.2, -0.15) is 31.4 Å². The maximum atomic E-state index is 13.7. The number of pyridine rings is 1. The third-order valence-corrected chi connectivity index (χ3v) is 8.83. The standard InChI is InChI=1S/C37H30F6N4O5/c1-19-16-44-47(17-19)32-10-8-28(29-14-22(6-9-31(29)51-4)27-7-5-23(34(48)49)11-20(27)2)30(45-32)18-46-21(3)33(52-35(46)50)24-12-25(36(38,39)40)15-26(13-24)37(41,42)43/h5-17,21,33H,18H2,1-4H3,(H,48,49). The number of methoxy groups -OCH3 is 1. The number of aromatic nitrogens is 3. The van der Waals surface area contributed by atoms with Crippen LogP contribution in [0.25, 0.3) is 28.1 Å². The van der Waals surface area contributed by atoms with Crippen molar-refractivity contribution in [2.75, 3.05) is 7.11 Å². The van der Waals surface area contributed by atoms with E-state index in [-0.39, 0.29) is 18.2 Å². The average molecular weight is 725 g/mol. The monoisotopic (exact) mass is 724 g/mol. The summed E-state index contributed by atoms with van der Waals surface area (Å²) in [5.74, 6) is -0.279. The van der Waals surface area contributed by atoms with Crippen LogP contribution in [0.15, 0.2) is 79.1 Å². The first-order valence-corrected chi connectivity index (χ1v) is 15.8. The van der Waals surface area contributed by atoms with Crippen molar-refractivity contribution in [2.24, 2.45) is 0 Å². The van der Waals surface area contributed by atoms with Crippen molar-refractivity contribution >= 4 is 12.1 Å². The van der Waals surface area contributed by atoms with Crippen LogP contribution in [0.3, 0.4) is 0 Å². The van der Waals surface area contributed by atoms with E-state index >= 15 is 0 Å². The van der Waals surface area contributed by atoms with Gasteiger partial charge in [-0.1, -0.05) is 12.1 Å². The van der Waals surface area contributed by atoms with Crippen molar-refractivity contribution < 1.29 is 50.5 Å². The Balaban J connectivity index is 1.44. The van der Waals surface area contributed by atoms with Crippen LogP contribution in [0.5, 0.6) is 5.75 Å². The molecule has 0 saturated carbocycles. The van der Waals surface area contributed by atoms with Crippen LogP contribution in [0, 0.1) is 13.8 Å². The molecule has 1 aliphatic rings. The summed E-state index contributed by atoms with van der Waals surface area (Å²) in [6.07, 6.45) is -9.26. The number of hydrogen-bond acceptors (Lipinski definition) is 6. The molecule has 0 radical (unpaired) electrons. The van der Waals surface area contributed by atoms with Crippen LogP contribution in [0.4, 0.5) is 31.1 Å². The summed E-state index contributed by atoms with van der Waals surface area (Å²) in [6.45, 7) is 4.82. The lowest BCUT2D eigenvalue weighted by molar-refractivity contribution is -0.143. The molecule has 1 N–H and O–H groups in total. The Hall–Kier alpha value is -5.86. The molecule has 5 aromatic rings. The summed E-state index contributed by atoms with van der Waals surface area (Å²) >= 11 is 0. The number of alkyl halides is 6. The Bertz CT molecular complexity index is 2160. The third-order valence-electron chi connectivity index (χ3n) is 8.83. The number of carboxylic acid groups (broad SMARTS) is 1. The smallest absolute Gasteiger partial charge is 0.416 e. The number of aromatic carboxylic acids is 1. The van der Waals surface area contributed by atoms with Crippen LogP contribution in [0.1, 0.15) is 56.9 Å². The van der Waals surface area contributed by atoms with E-state index in [0.29, 0.717) is 51.6 Å². The van der Waals surface area contributed by atoms with Gasteiger partial charge in [0.2, 0.25) is 0 Å². The van der Waals surface area contributed by atoms with Crippen LogP contribution < -0.4 is 4.74 Å². The van der Waals surface area contributed by atoms with Crippen molar-refractivity contribution in [1.29, 1.82) is 0 Å². The summed E-state index contributed by atoms with van der Waals surface area (Å²) < 4.78 is 94.7. The number of cyclic esters (lactones) is 1. The second-order valence-electron chi connectivity index (χ2n) is 12.4. The fraction of sp³-hybridized carbons (Fsp3) is 0.243. The molecule has 0 spiro atoms. The van der Waals surface area contributed by atoms with Crippen molar-refractivity contribution in [2.45, 2.75) is 51.8 Å². The fourth-order valence-electron chi connectivity index (χ4n) is 6.19. The lowest BCUT2D eigenvalue weighted by Crippen LogP contribution is -2.32. The van der Waals surface area contributed by atoms with E-state index in [2.05, 4.69) is 5.10 Å². The predicted octanol–water partition coefficient (Wildman–Crippen LogP) is 9.04. The number of carbonyl (C=O) groups is 2. The molecule has 0 bridgehead atoms. The Kier molecular flexibility index (Phi) is 9.23. The number of ether oxygens (including phenoxy) is 2. The van der Waals surface area contributed by atoms with Gasteiger partial charge in [0.15, 0.2) is 5.82 Å². The zero-order valence-electron chi connectivity index (χ0n) is 28.0. The molecule has 3 aromatic carbocycles. The van der Waals surface area contributed by atoms with E-state index in [1.807, 2.05) is 13.0 Å². The Labute approximate surface area is 293 Å². The number of rotatable bonds is 8. The summed E-state index contributed by atoms with van der Waals surface area (Å²) in [5, 5.41) is 13.8. The second kappa shape index (κ2) is 13.4. The maximum absolute atomic E-state index is 13.7. The van der Waals surface area contributed by atoms with E-state index in [1.165, 1.54) is 29.7 Å². The van der Waals surface area contributed by atoms with E-state index in [9.17, 15) is 41.0 Å². The zero-order chi connectivity index (χ0) is 37.7. The summed E-state index contributed by atoms with van der Waals surface area (Å²) in [5.41, 5.74) is 0.928. The number of carboxylic acids is 1. The van der Waals surface area contributed by atoms with Crippen LogP contribution in [-0.4, -0.2) is 50.0 Å². The van der Waals surface area contributed by atoms with E-state index in [0.717, 1.165) is 11.1 Å². The van der Waals surface area contributed by atoms with E-state index in [4.69, 9.17) is 14.5 Å². The molecule has 1 fully saturated rings. The SMILES string of the molecule is COc1ccc(-c2ccc(C(=O)O)cc2C)cc1-c1ccc(-n2cc(C)cn2)nc1CN1C(=O)OC(c2cc(C(F)(F)F)cc(C(F)(F)F)c2)C1C. The number of aryl methyl sites for hydroxylation is 2. The van der Waals surface area contributed by atoms with Gasteiger partial charge in [0.25, 0.3) is 0 Å². The molecule has 2 aromatic heterocycles. The minimum absolute atomic E-state index is 0.0188. The van der Waals surface area contributed by atoms with Gasteiger partial charge in [0.1, 0.15) is 11.9 Å². The van der Waals surface area contributed by atoms with Crippen molar-refractivity contribution in [3.63, 3.8) is 0 Å². The molecular weight excluding hydrogens is 694 g/mol. The summed E-state index contributed by atoms with van der Waals surface area (Å²) in [4.78, 5) is 30.9. The number of hydrogen-bond donors (Lipinski definition) is 1. The molecular formula is C37H30F6N4O5. The minimum Gasteiger partial charge on any atom is -0.496 e. The van der Waals surface area contributed by atoms with Gasteiger partial charge in [-0.05, 0) is 103 Å². The third kappa shape index (κ3) is 7.02. The van der Waals surface area contributed by atoms with Gasteiger partial charge in [-0.15, -0.1) is 0 Å². The maximum Gasteiger partial charge on any atom is 0.416 e. The topological polar surface area (TPSA) is 107 Å². The van der Waals surface area contributed by atoms with Gasteiger partial charge >= 0.3 is 24.4 Å². The lowest BCUT2D eigenvalue weighted by Gasteiger charge is -2.23. The highest BCUT2D eigenvalue weighted by Crippen LogP contribution is 2.42. The molecule has 52 heavy (non-hydrogen) atoms. The highest BCUT2D eigenvalue weighted by atomic mass is 19.4. The number of amides is 1. The molecule has 1 aliphatic heterocycles. The normalized spacial score (nSPS) is 16.3. The van der Waals surface area contributed by atoms with E-state index < -0.39 is 53.3 Å². The minimum atomic E-state index is -5.09. The lowest BCUT2D eigenvalue weighted by atomic mass is 9.93. The largest absolute Gasteiger partial charge is 0.496 e. The van der Waals surface area contributed by atoms with Crippen molar-refractivity contribution in [1.82, 2.24) is 19.7 Å². The van der Waals surface area contributed by atoms with Crippen LogP contribution in [-0.2, 0) is 23.6 Å². The number of nitrogens with zero attached hydrogens (tertiary/aromatic N) is 4.